The van der Waals surface area contributed by atoms with Gasteiger partial charge in [-0.2, -0.15) is 0 Å². The summed E-state index contributed by atoms with van der Waals surface area (Å²) in [6, 6.07) is 0. The van der Waals surface area contributed by atoms with Gasteiger partial charge in [0.1, 0.15) is 0 Å². The third-order valence-electron chi connectivity index (χ3n) is 6.74. The Labute approximate surface area is 200 Å². The predicted octanol–water partition coefficient (Wildman–Crippen LogP) is 9.56. The Morgan fingerprint density at radius 3 is 1.28 bits per heavy atom. The molecule has 0 spiro atoms. The van der Waals surface area contributed by atoms with Gasteiger partial charge in [-0.05, 0) is 19.3 Å². The quantitative estimate of drug-likeness (QED) is 0.0880. The highest BCUT2D eigenvalue weighted by Crippen LogP contribution is 2.22. The average molecular weight is 453 g/mol. The maximum atomic E-state index is 12.8. The van der Waals surface area contributed by atoms with Gasteiger partial charge in [0.05, 0.1) is 11.8 Å². The van der Waals surface area contributed by atoms with E-state index in [1.165, 1.54) is 96.3 Å². The topological polar surface area (TPSA) is 43.4 Å². The smallest absolute Gasteiger partial charge is 0.316 e. The van der Waals surface area contributed by atoms with Crippen LogP contribution in [0.3, 0.4) is 0 Å². The molecular formula is C29H56O3. The van der Waals surface area contributed by atoms with Gasteiger partial charge in [-0.15, -0.1) is 0 Å². The predicted molar refractivity (Wildman–Crippen MR) is 138 cm³/mol. The van der Waals surface area contributed by atoms with Crippen molar-refractivity contribution in [3.8, 4) is 0 Å². The Hall–Kier alpha value is -0.860. The van der Waals surface area contributed by atoms with Crippen molar-refractivity contribution in [3.05, 3.63) is 0 Å². The first-order chi connectivity index (χ1) is 15.6. The third-order valence-corrected chi connectivity index (χ3v) is 6.74. The summed E-state index contributed by atoms with van der Waals surface area (Å²) in [5.41, 5.74) is 0. The summed E-state index contributed by atoms with van der Waals surface area (Å²) in [7, 11) is 0. The number of hydrogen-bond donors (Lipinski definition) is 0. The van der Waals surface area contributed by atoms with Crippen LogP contribution in [0.5, 0.6) is 0 Å². The molecule has 0 fully saturated rings. The number of unbranched alkanes of at least 4 members (excludes halogenated alkanes) is 15. The summed E-state index contributed by atoms with van der Waals surface area (Å²) in [4.78, 5) is 25.2. The molecule has 0 rings (SSSR count). The molecular weight excluding hydrogens is 396 g/mol. The molecule has 0 radical (unpaired) electrons. The number of esters is 2. The van der Waals surface area contributed by atoms with E-state index in [0.29, 0.717) is 0 Å². The van der Waals surface area contributed by atoms with E-state index >= 15 is 0 Å². The summed E-state index contributed by atoms with van der Waals surface area (Å²) < 4.78 is 5.37. The van der Waals surface area contributed by atoms with Crippen LogP contribution >= 0.6 is 0 Å². The van der Waals surface area contributed by atoms with E-state index in [0.717, 1.165) is 38.5 Å². The van der Waals surface area contributed by atoms with Gasteiger partial charge in [0.15, 0.2) is 0 Å². The van der Waals surface area contributed by atoms with E-state index in [4.69, 9.17) is 4.74 Å². The number of hydrogen-bond acceptors (Lipinski definition) is 3. The van der Waals surface area contributed by atoms with Crippen molar-refractivity contribution in [3.63, 3.8) is 0 Å². The number of ether oxygens (including phenoxy) is 1. The van der Waals surface area contributed by atoms with Crippen molar-refractivity contribution < 1.29 is 14.3 Å². The lowest BCUT2D eigenvalue weighted by Crippen LogP contribution is -2.25. The first-order valence-corrected chi connectivity index (χ1v) is 14.3. The molecule has 2 atom stereocenters. The van der Waals surface area contributed by atoms with Crippen LogP contribution in [0.4, 0.5) is 0 Å². The number of rotatable bonds is 23. The Morgan fingerprint density at radius 2 is 0.844 bits per heavy atom. The van der Waals surface area contributed by atoms with Crippen LogP contribution in [0.15, 0.2) is 0 Å². The van der Waals surface area contributed by atoms with E-state index in [2.05, 4.69) is 20.8 Å². The van der Waals surface area contributed by atoms with Crippen molar-refractivity contribution in [1.82, 2.24) is 0 Å². The van der Waals surface area contributed by atoms with Gasteiger partial charge in [0, 0.05) is 0 Å². The van der Waals surface area contributed by atoms with Gasteiger partial charge in [-0.1, -0.05) is 143 Å². The highest BCUT2D eigenvalue weighted by molar-refractivity contribution is 5.87. The Kier molecular flexibility index (Phi) is 22.7. The normalized spacial score (nSPS) is 13.1. The second-order valence-electron chi connectivity index (χ2n) is 10.0. The molecule has 0 aromatic rings. The molecule has 0 aliphatic rings. The second kappa shape index (κ2) is 23.3. The fourth-order valence-corrected chi connectivity index (χ4v) is 4.35. The monoisotopic (exact) mass is 452 g/mol. The van der Waals surface area contributed by atoms with E-state index in [-0.39, 0.29) is 23.8 Å². The van der Waals surface area contributed by atoms with Gasteiger partial charge in [-0.3, -0.25) is 9.59 Å². The van der Waals surface area contributed by atoms with Crippen LogP contribution in [0.25, 0.3) is 0 Å². The fraction of sp³-hybridized carbons (Fsp3) is 0.931. The van der Waals surface area contributed by atoms with Gasteiger partial charge in [0.2, 0.25) is 0 Å². The minimum absolute atomic E-state index is 0.0998. The van der Waals surface area contributed by atoms with Gasteiger partial charge >= 0.3 is 11.9 Å². The summed E-state index contributed by atoms with van der Waals surface area (Å²) in [5, 5.41) is 0. The van der Waals surface area contributed by atoms with Crippen LogP contribution in [-0.4, -0.2) is 11.9 Å². The molecule has 0 saturated carbocycles. The van der Waals surface area contributed by atoms with Crippen LogP contribution in [-0.2, 0) is 14.3 Å². The van der Waals surface area contributed by atoms with Crippen molar-refractivity contribution in [2.75, 3.05) is 0 Å². The van der Waals surface area contributed by atoms with Gasteiger partial charge in [-0.25, -0.2) is 0 Å². The molecule has 0 aliphatic heterocycles. The summed E-state index contributed by atoms with van der Waals surface area (Å²) >= 11 is 0. The fourth-order valence-electron chi connectivity index (χ4n) is 4.35. The molecule has 2 unspecified atom stereocenters. The Balaban J connectivity index is 4.27. The summed E-state index contributed by atoms with van der Waals surface area (Å²) in [6.07, 6.45) is 24.6. The minimum Gasteiger partial charge on any atom is -0.393 e. The highest BCUT2D eigenvalue weighted by atomic mass is 16.6. The van der Waals surface area contributed by atoms with Crippen LogP contribution < -0.4 is 0 Å². The molecule has 32 heavy (non-hydrogen) atoms. The van der Waals surface area contributed by atoms with Gasteiger partial charge < -0.3 is 4.74 Å². The van der Waals surface area contributed by atoms with Crippen LogP contribution in [0, 0.1) is 11.8 Å². The van der Waals surface area contributed by atoms with E-state index in [9.17, 15) is 9.59 Å². The van der Waals surface area contributed by atoms with Crippen molar-refractivity contribution in [2.24, 2.45) is 11.8 Å². The zero-order chi connectivity index (χ0) is 23.9. The van der Waals surface area contributed by atoms with Gasteiger partial charge in [0.25, 0.3) is 0 Å². The SMILES string of the molecule is CCCCCCCCCC(C)C(=O)OC(=O)C(CCCCCC)CCCCCCCCC. The maximum Gasteiger partial charge on any atom is 0.316 e. The van der Waals surface area contributed by atoms with E-state index in [1.54, 1.807) is 0 Å². The molecule has 0 saturated heterocycles. The standard InChI is InChI=1S/C29H56O3/c1-5-8-11-14-16-18-20-23-26(4)28(30)32-29(31)27(24-21-13-10-7-3)25-22-19-17-15-12-9-6-2/h26-27H,5-25H2,1-4H3. The molecule has 0 amide bonds. The first kappa shape index (κ1) is 31.1. The van der Waals surface area contributed by atoms with Crippen molar-refractivity contribution in [2.45, 2.75) is 163 Å². The van der Waals surface area contributed by atoms with E-state index < -0.39 is 0 Å². The van der Waals surface area contributed by atoms with Crippen molar-refractivity contribution in [1.29, 1.82) is 0 Å². The maximum absolute atomic E-state index is 12.8. The van der Waals surface area contributed by atoms with Crippen molar-refractivity contribution >= 4 is 11.9 Å². The largest absolute Gasteiger partial charge is 0.393 e. The lowest BCUT2D eigenvalue weighted by Gasteiger charge is -2.17. The minimum atomic E-state index is -0.306. The molecule has 3 heteroatoms. The average Bonchev–Trinajstić information content (AvgIpc) is 2.78. The molecule has 0 aromatic heterocycles. The van der Waals surface area contributed by atoms with Crippen LogP contribution in [0.2, 0.25) is 0 Å². The molecule has 0 aromatic carbocycles. The zero-order valence-electron chi connectivity index (χ0n) is 22.2. The molecule has 190 valence electrons. The Morgan fingerprint density at radius 1 is 0.500 bits per heavy atom. The number of carbonyl (C=O) groups is 2. The Bertz CT molecular complexity index is 432. The first-order valence-electron chi connectivity index (χ1n) is 14.3. The summed E-state index contributed by atoms with van der Waals surface area (Å²) in [5.74, 6) is -0.839. The van der Waals surface area contributed by atoms with Crippen LogP contribution in [0.1, 0.15) is 163 Å². The molecule has 0 heterocycles. The molecule has 0 N–H and O–H groups in total. The highest BCUT2D eigenvalue weighted by Gasteiger charge is 2.24. The lowest BCUT2D eigenvalue weighted by molar-refractivity contribution is -0.165. The molecule has 0 bridgehead atoms. The third kappa shape index (κ3) is 18.7. The summed E-state index contributed by atoms with van der Waals surface area (Å²) in [6.45, 7) is 8.60. The second-order valence-corrected chi connectivity index (χ2v) is 10.0. The van der Waals surface area contributed by atoms with E-state index in [1.807, 2.05) is 6.92 Å². The number of carbonyl (C=O) groups excluding carboxylic acids is 2. The molecule has 3 nitrogen and oxygen atoms in total. The zero-order valence-corrected chi connectivity index (χ0v) is 22.2. The molecule has 0 aliphatic carbocycles. The lowest BCUT2D eigenvalue weighted by atomic mass is 9.94.